The van der Waals surface area contributed by atoms with E-state index in [0.29, 0.717) is 47.2 Å². The van der Waals surface area contributed by atoms with Crippen LogP contribution in [0.25, 0.3) is 0 Å². The number of thioether (sulfide) groups is 1. The molecule has 0 rings (SSSR count). The number of hydrogen-bond donors (Lipinski definition) is 1. The maximum Gasteiger partial charge on any atom is 0.311 e. The Morgan fingerprint density at radius 1 is 0.478 bits per heavy atom. The van der Waals surface area contributed by atoms with Crippen molar-refractivity contribution in [3.63, 3.8) is 0 Å². The van der Waals surface area contributed by atoms with Crippen molar-refractivity contribution in [3.8, 4) is 0 Å². The fourth-order valence-corrected chi connectivity index (χ4v) is 6.11. The van der Waals surface area contributed by atoms with Crippen LogP contribution in [0.5, 0.6) is 0 Å². The summed E-state index contributed by atoms with van der Waals surface area (Å²) in [4.78, 5) is 44.5. The summed E-state index contributed by atoms with van der Waals surface area (Å²) in [6.45, 7) is 58.9. The normalized spacial score (nSPS) is 12.2. The Bertz CT molecular complexity index is 1160. The number of hydrogen-bond acceptors (Lipinski definition) is 10. The molecule has 10 nitrogen and oxygen atoms in total. The van der Waals surface area contributed by atoms with Crippen LogP contribution in [-0.4, -0.2) is 79.7 Å². The van der Waals surface area contributed by atoms with E-state index in [9.17, 15) is 19.2 Å². The number of ether oxygens (including phenoxy) is 5. The van der Waals surface area contributed by atoms with Gasteiger partial charge in [-0.25, -0.2) is 0 Å². The summed E-state index contributed by atoms with van der Waals surface area (Å²) in [7, 11) is 0. The molecule has 416 valence electrons. The SMILES string of the molecule is CC(C)(C)CCCOCCCC(C)(C)C.CC(C)(C)CCCSCCCC(C)(C)C.CC(C)(C)OCCCNC(=O)C(C)(C)C.CC(C)CC(=O)OC(C)C.CC(OC(=O)C(C)C)OC(=O)C(C)C. The molecule has 0 heterocycles. The third-order valence-corrected chi connectivity index (χ3v) is 10.3. The van der Waals surface area contributed by atoms with Gasteiger partial charge in [0, 0.05) is 45.1 Å². The fourth-order valence-electron chi connectivity index (χ4n) is 5.21. The summed E-state index contributed by atoms with van der Waals surface area (Å²) >= 11 is 2.13. The van der Waals surface area contributed by atoms with Gasteiger partial charge in [-0.1, -0.05) is 145 Å². The minimum atomic E-state index is -0.806. The predicted molar refractivity (Wildman–Crippen MR) is 298 cm³/mol. The number of nitrogens with one attached hydrogen (secondary N) is 1. The van der Waals surface area contributed by atoms with Crippen molar-refractivity contribution in [2.45, 2.75) is 269 Å². The lowest BCUT2D eigenvalue weighted by Crippen LogP contribution is -2.35. The topological polar surface area (TPSA) is 126 Å². The molecule has 0 saturated carbocycles. The third-order valence-electron chi connectivity index (χ3n) is 9.13. The molecule has 11 heteroatoms. The smallest absolute Gasteiger partial charge is 0.311 e. The molecule has 1 amide bonds. The molecule has 0 aromatic rings. The molecule has 0 aromatic carbocycles. The summed E-state index contributed by atoms with van der Waals surface area (Å²) < 4.78 is 25.8. The lowest BCUT2D eigenvalue weighted by molar-refractivity contribution is -0.188. The highest BCUT2D eigenvalue weighted by atomic mass is 32.2. The van der Waals surface area contributed by atoms with E-state index in [0.717, 1.165) is 19.6 Å². The second kappa shape index (κ2) is 39.7. The largest absolute Gasteiger partial charge is 0.463 e. The zero-order valence-corrected chi connectivity index (χ0v) is 51.6. The average molecular weight is 1010 g/mol. The molecule has 1 N–H and O–H groups in total. The first kappa shape index (κ1) is 76.1. The van der Waals surface area contributed by atoms with Crippen LogP contribution < -0.4 is 5.32 Å². The number of amides is 1. The monoisotopic (exact) mass is 1010 g/mol. The molecular weight excluding hydrogens is 887 g/mol. The van der Waals surface area contributed by atoms with E-state index in [1.807, 2.05) is 69.2 Å². The van der Waals surface area contributed by atoms with Crippen molar-refractivity contribution in [2.24, 2.45) is 44.8 Å². The maximum absolute atomic E-state index is 11.5. The average Bonchev–Trinajstić information content (AvgIpc) is 3.11. The van der Waals surface area contributed by atoms with Gasteiger partial charge in [0.15, 0.2) is 0 Å². The Balaban J connectivity index is -0.000000249. The molecule has 0 unspecified atom stereocenters. The fraction of sp³-hybridized carbons (Fsp3) is 0.931. The van der Waals surface area contributed by atoms with E-state index in [4.69, 9.17) is 23.7 Å². The van der Waals surface area contributed by atoms with Crippen molar-refractivity contribution >= 4 is 35.6 Å². The van der Waals surface area contributed by atoms with E-state index in [1.165, 1.54) is 69.8 Å². The highest BCUT2D eigenvalue weighted by Crippen LogP contribution is 2.25. The van der Waals surface area contributed by atoms with E-state index in [2.05, 4.69) is 100 Å². The Kier molecular flexibility index (Phi) is 43.7. The van der Waals surface area contributed by atoms with E-state index < -0.39 is 6.29 Å². The summed E-state index contributed by atoms with van der Waals surface area (Å²) in [5.41, 5.74) is 1.56. The lowest BCUT2D eigenvalue weighted by Gasteiger charge is -2.20. The summed E-state index contributed by atoms with van der Waals surface area (Å²) in [6.07, 6.45) is 11.0. The first-order valence-electron chi connectivity index (χ1n) is 26.6. The van der Waals surface area contributed by atoms with Gasteiger partial charge in [0.2, 0.25) is 12.2 Å². The zero-order valence-electron chi connectivity index (χ0n) is 50.8. The summed E-state index contributed by atoms with van der Waals surface area (Å²) in [6, 6.07) is 0. The second-order valence-electron chi connectivity index (χ2n) is 26.6. The molecule has 0 atom stereocenters. The first-order chi connectivity index (χ1) is 30.9. The predicted octanol–water partition coefficient (Wildman–Crippen LogP) is 16.1. The molecule has 0 radical (unpaired) electrons. The standard InChI is InChI=1S/C14H30O.C14H30S.C12H25NO2.C10H18O4.C8H16O2/c2*1-13(2,3)9-7-11-15-12-8-10-14(4,5)6;1-11(2,3)10(14)13-8-7-9-15-12(4,5)6;1-6(2)9(11)13-8(5)14-10(12)7(3)4;1-6(2)5-8(9)10-7(3)4/h2*7-12H2,1-6H3;7-9H2,1-6H3,(H,13,14);6-8H,1-5H3;6-7H,5H2,1-4H3. The molecular formula is C58H119NO9S. The van der Waals surface area contributed by atoms with Crippen LogP contribution >= 0.6 is 11.8 Å². The van der Waals surface area contributed by atoms with Crippen LogP contribution in [0.15, 0.2) is 0 Å². The highest BCUT2D eigenvalue weighted by molar-refractivity contribution is 7.99. The van der Waals surface area contributed by atoms with E-state index in [1.54, 1.807) is 27.7 Å². The molecule has 0 aliphatic rings. The van der Waals surface area contributed by atoms with Gasteiger partial charge < -0.3 is 29.0 Å². The molecule has 0 bridgehead atoms. The Hall–Kier alpha value is -1.85. The molecule has 0 saturated heterocycles. The van der Waals surface area contributed by atoms with Crippen LogP contribution in [-0.2, 0) is 42.9 Å². The lowest BCUT2D eigenvalue weighted by atomic mass is 9.90. The van der Waals surface area contributed by atoms with Crippen LogP contribution in [0, 0.1) is 44.8 Å². The van der Waals surface area contributed by atoms with Gasteiger partial charge in [0.1, 0.15) is 0 Å². The molecule has 0 aromatic heterocycles. The number of esters is 3. The van der Waals surface area contributed by atoms with Crippen LogP contribution in [0.1, 0.15) is 251 Å². The second-order valence-corrected chi connectivity index (χ2v) is 27.8. The number of carbonyl (C=O) groups excluding carboxylic acids is 4. The van der Waals surface area contributed by atoms with Crippen LogP contribution in [0.2, 0.25) is 0 Å². The Morgan fingerprint density at radius 2 is 0.841 bits per heavy atom. The third kappa shape index (κ3) is 72.8. The first-order valence-corrected chi connectivity index (χ1v) is 27.7. The molecule has 0 fully saturated rings. The number of rotatable bonds is 23. The summed E-state index contributed by atoms with van der Waals surface area (Å²) in [5.74, 6) is 1.94. The van der Waals surface area contributed by atoms with Gasteiger partial charge in [0.05, 0.1) is 23.5 Å². The van der Waals surface area contributed by atoms with Gasteiger partial charge in [-0.15, -0.1) is 0 Å². The van der Waals surface area contributed by atoms with Gasteiger partial charge >= 0.3 is 17.9 Å². The minimum Gasteiger partial charge on any atom is -0.463 e. The summed E-state index contributed by atoms with van der Waals surface area (Å²) in [5, 5.41) is 2.89. The number of carbonyl (C=O) groups is 4. The van der Waals surface area contributed by atoms with Crippen molar-refractivity contribution in [3.05, 3.63) is 0 Å². The van der Waals surface area contributed by atoms with Gasteiger partial charge in [0.25, 0.3) is 0 Å². The maximum atomic E-state index is 11.5. The van der Waals surface area contributed by atoms with Gasteiger partial charge in [-0.3, -0.25) is 19.2 Å². The van der Waals surface area contributed by atoms with Gasteiger partial charge in [-0.05, 0) is 131 Å². The van der Waals surface area contributed by atoms with Crippen molar-refractivity contribution in [1.82, 2.24) is 5.32 Å². The molecule has 0 spiro atoms. The van der Waals surface area contributed by atoms with Gasteiger partial charge in [-0.2, -0.15) is 11.8 Å². The quantitative estimate of drug-likeness (QED) is 0.0600. The van der Waals surface area contributed by atoms with Crippen LogP contribution in [0.4, 0.5) is 0 Å². The van der Waals surface area contributed by atoms with E-state index in [-0.39, 0.29) is 52.8 Å². The molecule has 0 aliphatic heterocycles. The van der Waals surface area contributed by atoms with E-state index >= 15 is 0 Å². The Labute approximate surface area is 433 Å². The van der Waals surface area contributed by atoms with Crippen molar-refractivity contribution < 1.29 is 42.9 Å². The minimum absolute atomic E-state index is 0.0197. The van der Waals surface area contributed by atoms with Crippen LogP contribution in [0.3, 0.4) is 0 Å². The van der Waals surface area contributed by atoms with Crippen molar-refractivity contribution in [1.29, 1.82) is 0 Å². The zero-order chi connectivity index (χ0) is 55.5. The molecule has 0 aliphatic carbocycles. The Morgan fingerprint density at radius 3 is 1.13 bits per heavy atom. The highest BCUT2D eigenvalue weighted by Gasteiger charge is 2.21. The van der Waals surface area contributed by atoms with Crippen molar-refractivity contribution in [2.75, 3.05) is 37.9 Å². The molecule has 69 heavy (non-hydrogen) atoms.